The second-order valence-electron chi connectivity index (χ2n) is 4.71. The van der Waals surface area contributed by atoms with E-state index in [1.54, 1.807) is 0 Å². The Morgan fingerprint density at radius 2 is 1.87 bits per heavy atom. The molecule has 0 saturated carbocycles. The van der Waals surface area contributed by atoms with Crippen molar-refractivity contribution in [3.63, 3.8) is 0 Å². The van der Waals surface area contributed by atoms with Crippen LogP contribution in [0.3, 0.4) is 0 Å². The molecule has 8 heteroatoms. The van der Waals surface area contributed by atoms with Crippen LogP contribution in [0.25, 0.3) is 0 Å². The fourth-order valence-electron chi connectivity index (χ4n) is 1.86. The van der Waals surface area contributed by atoms with E-state index >= 15 is 0 Å². The zero-order chi connectivity index (χ0) is 17.2. The number of halogens is 4. The second kappa shape index (κ2) is 6.15. The van der Waals surface area contributed by atoms with E-state index in [2.05, 4.69) is 5.32 Å². The number of urea groups is 1. The first kappa shape index (κ1) is 16.6. The number of rotatable bonds is 3. The van der Waals surface area contributed by atoms with Gasteiger partial charge in [0.15, 0.2) is 0 Å². The van der Waals surface area contributed by atoms with Gasteiger partial charge in [-0.25, -0.2) is 9.18 Å². The molecule has 2 aromatic carbocycles. The maximum absolute atomic E-state index is 13.7. The summed E-state index contributed by atoms with van der Waals surface area (Å²) in [6, 6.07) is 5.63. The van der Waals surface area contributed by atoms with Crippen molar-refractivity contribution in [2.24, 2.45) is 5.73 Å². The molecule has 0 unspecified atom stereocenters. The molecule has 2 amide bonds. The van der Waals surface area contributed by atoms with Crippen molar-refractivity contribution in [2.75, 3.05) is 5.32 Å². The lowest BCUT2D eigenvalue weighted by atomic mass is 10.1. The zero-order valence-electron chi connectivity index (χ0n) is 11.9. The van der Waals surface area contributed by atoms with Crippen LogP contribution in [-0.2, 0) is 6.18 Å². The average Bonchev–Trinajstić information content (AvgIpc) is 2.42. The SMILES string of the molecule is Cc1cc(C(F)(F)F)ccc1Oc1ccc(NC(N)=O)c(F)c1. The van der Waals surface area contributed by atoms with Crippen LogP contribution in [0.15, 0.2) is 36.4 Å². The number of nitrogens with two attached hydrogens (primary N) is 1. The molecule has 4 nitrogen and oxygen atoms in total. The van der Waals surface area contributed by atoms with E-state index in [1.165, 1.54) is 19.1 Å². The quantitative estimate of drug-likeness (QED) is 0.818. The van der Waals surface area contributed by atoms with Gasteiger partial charge in [-0.1, -0.05) is 0 Å². The summed E-state index contributed by atoms with van der Waals surface area (Å²) < 4.78 is 56.9. The number of hydrogen-bond acceptors (Lipinski definition) is 2. The molecule has 0 bridgehead atoms. The van der Waals surface area contributed by atoms with Gasteiger partial charge in [-0.05, 0) is 42.8 Å². The summed E-state index contributed by atoms with van der Waals surface area (Å²) in [5.41, 5.74) is 4.21. The summed E-state index contributed by atoms with van der Waals surface area (Å²) in [5.74, 6) is -0.556. The van der Waals surface area contributed by atoms with Crippen molar-refractivity contribution < 1.29 is 27.1 Å². The fourth-order valence-corrected chi connectivity index (χ4v) is 1.86. The highest BCUT2D eigenvalue weighted by Gasteiger charge is 2.30. The van der Waals surface area contributed by atoms with Crippen LogP contribution >= 0.6 is 0 Å². The van der Waals surface area contributed by atoms with Crippen molar-refractivity contribution >= 4 is 11.7 Å². The number of aryl methyl sites for hydroxylation is 1. The van der Waals surface area contributed by atoms with E-state index in [4.69, 9.17) is 10.5 Å². The summed E-state index contributed by atoms with van der Waals surface area (Å²) in [4.78, 5) is 10.7. The molecule has 0 aliphatic carbocycles. The second-order valence-corrected chi connectivity index (χ2v) is 4.71. The molecule has 0 atom stereocenters. The minimum atomic E-state index is -4.45. The Morgan fingerprint density at radius 1 is 1.17 bits per heavy atom. The van der Waals surface area contributed by atoms with Gasteiger partial charge >= 0.3 is 12.2 Å². The molecule has 0 heterocycles. The monoisotopic (exact) mass is 328 g/mol. The van der Waals surface area contributed by atoms with Gasteiger partial charge < -0.3 is 15.8 Å². The predicted molar refractivity (Wildman–Crippen MR) is 75.9 cm³/mol. The molecule has 0 radical (unpaired) electrons. The molecule has 23 heavy (non-hydrogen) atoms. The van der Waals surface area contributed by atoms with Gasteiger partial charge in [-0.15, -0.1) is 0 Å². The summed E-state index contributed by atoms with van der Waals surface area (Å²) in [7, 11) is 0. The minimum absolute atomic E-state index is 0.0698. The number of nitrogens with one attached hydrogen (secondary N) is 1. The highest BCUT2D eigenvalue weighted by atomic mass is 19.4. The lowest BCUT2D eigenvalue weighted by molar-refractivity contribution is -0.137. The first-order valence-electron chi connectivity index (χ1n) is 6.38. The third kappa shape index (κ3) is 4.12. The maximum atomic E-state index is 13.7. The fraction of sp³-hybridized carbons (Fsp3) is 0.133. The number of carbonyl (C=O) groups excluding carboxylic acids is 1. The topological polar surface area (TPSA) is 64.3 Å². The Kier molecular flexibility index (Phi) is 4.44. The van der Waals surface area contributed by atoms with E-state index in [-0.39, 0.29) is 22.7 Å². The molecule has 2 aromatic rings. The van der Waals surface area contributed by atoms with E-state index in [0.29, 0.717) is 0 Å². The first-order chi connectivity index (χ1) is 10.7. The van der Waals surface area contributed by atoms with Crippen molar-refractivity contribution in [3.05, 3.63) is 53.3 Å². The first-order valence-corrected chi connectivity index (χ1v) is 6.38. The molecule has 0 aliphatic heterocycles. The van der Waals surface area contributed by atoms with E-state index in [9.17, 15) is 22.4 Å². The van der Waals surface area contributed by atoms with Crippen molar-refractivity contribution in [2.45, 2.75) is 13.1 Å². The largest absolute Gasteiger partial charge is 0.457 e. The van der Waals surface area contributed by atoms with Crippen molar-refractivity contribution in [3.8, 4) is 11.5 Å². The van der Waals surface area contributed by atoms with E-state index in [0.717, 1.165) is 24.3 Å². The number of carbonyl (C=O) groups is 1. The van der Waals surface area contributed by atoms with Gasteiger partial charge in [0.2, 0.25) is 0 Å². The Labute approximate surface area is 128 Å². The smallest absolute Gasteiger partial charge is 0.416 e. The number of benzene rings is 2. The van der Waals surface area contributed by atoms with Gasteiger partial charge in [0.05, 0.1) is 11.3 Å². The lowest BCUT2D eigenvalue weighted by Gasteiger charge is -2.13. The van der Waals surface area contributed by atoms with Crippen LogP contribution in [-0.4, -0.2) is 6.03 Å². The molecule has 0 aliphatic rings. The summed E-state index contributed by atoms with van der Waals surface area (Å²) in [6.45, 7) is 1.45. The van der Waals surface area contributed by atoms with Crippen LogP contribution < -0.4 is 15.8 Å². The van der Waals surface area contributed by atoms with Gasteiger partial charge in [0.1, 0.15) is 17.3 Å². The maximum Gasteiger partial charge on any atom is 0.416 e. The minimum Gasteiger partial charge on any atom is -0.457 e. The molecular weight excluding hydrogens is 316 g/mol. The number of alkyl halides is 3. The number of anilines is 1. The molecule has 122 valence electrons. The number of ether oxygens (including phenoxy) is 1. The van der Waals surface area contributed by atoms with Gasteiger partial charge in [-0.3, -0.25) is 0 Å². The Bertz CT molecular complexity index is 745. The Morgan fingerprint density at radius 3 is 2.39 bits per heavy atom. The van der Waals surface area contributed by atoms with Crippen LogP contribution in [0.2, 0.25) is 0 Å². The summed E-state index contributed by atoms with van der Waals surface area (Å²) in [5, 5.41) is 2.08. The molecule has 0 fully saturated rings. The molecule has 3 N–H and O–H groups in total. The normalized spacial score (nSPS) is 11.2. The third-order valence-corrected chi connectivity index (χ3v) is 2.93. The molecule has 0 aromatic heterocycles. The van der Waals surface area contributed by atoms with Gasteiger partial charge in [-0.2, -0.15) is 13.2 Å². The summed E-state index contributed by atoms with van der Waals surface area (Å²) in [6.07, 6.45) is -4.45. The Balaban J connectivity index is 2.23. The lowest BCUT2D eigenvalue weighted by Crippen LogP contribution is -2.19. The van der Waals surface area contributed by atoms with E-state index < -0.39 is 23.6 Å². The molecule has 0 saturated heterocycles. The molecular formula is C15H12F4N2O2. The molecule has 0 spiro atoms. The zero-order valence-corrected chi connectivity index (χ0v) is 11.9. The van der Waals surface area contributed by atoms with Crippen LogP contribution in [0.5, 0.6) is 11.5 Å². The Hall–Kier alpha value is -2.77. The highest BCUT2D eigenvalue weighted by molar-refractivity contribution is 5.87. The number of amides is 2. The summed E-state index contributed by atoms with van der Waals surface area (Å²) >= 11 is 0. The van der Waals surface area contributed by atoms with Gasteiger partial charge in [0, 0.05) is 6.07 Å². The van der Waals surface area contributed by atoms with Gasteiger partial charge in [0.25, 0.3) is 0 Å². The van der Waals surface area contributed by atoms with Crippen molar-refractivity contribution in [1.82, 2.24) is 0 Å². The number of hydrogen-bond donors (Lipinski definition) is 2. The predicted octanol–water partition coefficient (Wildman–Crippen LogP) is 4.44. The van der Waals surface area contributed by atoms with Crippen molar-refractivity contribution in [1.29, 1.82) is 0 Å². The average molecular weight is 328 g/mol. The molecule has 2 rings (SSSR count). The standard InChI is InChI=1S/C15H12F4N2O2/c1-8-6-9(15(17,18)19)2-5-13(8)23-10-3-4-12(11(16)7-10)21-14(20)22/h2-7H,1H3,(H3,20,21,22). The number of primary amides is 1. The highest BCUT2D eigenvalue weighted by Crippen LogP contribution is 2.34. The van der Waals surface area contributed by atoms with Crippen LogP contribution in [0, 0.1) is 12.7 Å². The van der Waals surface area contributed by atoms with E-state index in [1.807, 2.05) is 0 Å². The van der Waals surface area contributed by atoms with Crippen LogP contribution in [0.4, 0.5) is 28.0 Å². The third-order valence-electron chi connectivity index (χ3n) is 2.93. The van der Waals surface area contributed by atoms with Crippen LogP contribution in [0.1, 0.15) is 11.1 Å².